The van der Waals surface area contributed by atoms with Gasteiger partial charge in [-0.25, -0.2) is 4.98 Å². The first-order chi connectivity index (χ1) is 13.1. The van der Waals surface area contributed by atoms with Crippen molar-refractivity contribution in [3.8, 4) is 0 Å². The second kappa shape index (κ2) is 5.88. The van der Waals surface area contributed by atoms with E-state index in [0.717, 1.165) is 31.5 Å². The third-order valence-electron chi connectivity index (χ3n) is 6.81. The van der Waals surface area contributed by atoms with E-state index in [-0.39, 0.29) is 27.8 Å². The molecular weight excluding hydrogens is 391 g/mol. The fourth-order valence-corrected chi connectivity index (χ4v) is 6.46. The number of nitrogens with one attached hydrogen (secondary N) is 1. The number of imidazole rings is 1. The summed E-state index contributed by atoms with van der Waals surface area (Å²) < 4.78 is 40.9. The number of alkyl halides is 3. The van der Waals surface area contributed by atoms with Gasteiger partial charge >= 0.3 is 6.18 Å². The van der Waals surface area contributed by atoms with Gasteiger partial charge in [-0.15, -0.1) is 0 Å². The lowest BCUT2D eigenvalue weighted by Crippen LogP contribution is -2.60. The van der Waals surface area contributed by atoms with Gasteiger partial charge in [-0.05, 0) is 69.3 Å². The molecule has 2 aromatic rings. The van der Waals surface area contributed by atoms with Crippen molar-refractivity contribution in [1.82, 2.24) is 14.7 Å². The Balaban J connectivity index is 1.53. The smallest absolute Gasteiger partial charge is 0.345 e. The predicted molar refractivity (Wildman–Crippen MR) is 98.3 cm³/mol. The summed E-state index contributed by atoms with van der Waals surface area (Å²) in [5.41, 5.74) is -0.440. The number of hydrogen-bond donors (Lipinski definition) is 1. The Morgan fingerprint density at radius 2 is 1.79 bits per heavy atom. The predicted octanol–water partition coefficient (Wildman–Crippen LogP) is 5.01. The lowest BCUT2D eigenvalue weighted by atomic mass is 9.53. The van der Waals surface area contributed by atoms with Crippen molar-refractivity contribution in [1.29, 1.82) is 0 Å². The molecule has 0 atom stereocenters. The highest BCUT2D eigenvalue weighted by atomic mass is 35.5. The maximum absolute atomic E-state index is 13.2. The molecule has 4 nitrogen and oxygen atoms in total. The summed E-state index contributed by atoms with van der Waals surface area (Å²) in [4.78, 5) is 17.5. The molecule has 0 radical (unpaired) electrons. The first-order valence-electron chi connectivity index (χ1n) is 9.71. The highest BCUT2D eigenvalue weighted by Crippen LogP contribution is 2.55. The van der Waals surface area contributed by atoms with Crippen molar-refractivity contribution < 1.29 is 18.0 Å². The average molecular weight is 412 g/mol. The first kappa shape index (κ1) is 18.3. The first-order valence-corrected chi connectivity index (χ1v) is 10.1. The number of carbonyl (C=O) groups is 1. The molecule has 0 unspecified atom stereocenters. The number of halogens is 4. The van der Waals surface area contributed by atoms with Crippen molar-refractivity contribution in [2.75, 3.05) is 0 Å². The summed E-state index contributed by atoms with van der Waals surface area (Å²) in [6.07, 6.45) is 3.00. The Hall–Kier alpha value is -1.76. The van der Waals surface area contributed by atoms with Crippen molar-refractivity contribution in [3.63, 3.8) is 0 Å². The molecule has 4 bridgehead atoms. The number of amides is 1. The Labute approximate surface area is 165 Å². The average Bonchev–Trinajstić information content (AvgIpc) is 2.89. The highest BCUT2D eigenvalue weighted by molar-refractivity contribution is 6.33. The Bertz CT molecular complexity index is 946. The van der Waals surface area contributed by atoms with Gasteiger partial charge < -0.3 is 5.32 Å². The summed E-state index contributed by atoms with van der Waals surface area (Å²) in [5, 5.41) is 3.09. The van der Waals surface area contributed by atoms with Gasteiger partial charge in [0, 0.05) is 11.7 Å². The van der Waals surface area contributed by atoms with Crippen LogP contribution in [-0.2, 0) is 6.18 Å². The van der Waals surface area contributed by atoms with Gasteiger partial charge in [0.1, 0.15) is 5.69 Å². The molecule has 0 aromatic carbocycles. The minimum atomic E-state index is -4.55. The molecule has 4 saturated carbocycles. The molecule has 28 heavy (non-hydrogen) atoms. The van der Waals surface area contributed by atoms with E-state index in [1.807, 2.05) is 0 Å². The largest absolute Gasteiger partial charge is 0.417 e. The SMILES string of the molecule is Cc1nc2c(Cl)cc(C(F)(F)F)cn2c1C(=O)NC12CC3CC(CC(C3)C1)C2. The molecule has 4 aliphatic rings. The van der Waals surface area contributed by atoms with Gasteiger partial charge in [0.25, 0.3) is 5.91 Å². The summed E-state index contributed by atoms with van der Waals surface area (Å²) in [7, 11) is 0. The number of aryl methyl sites for hydroxylation is 1. The molecule has 2 heterocycles. The van der Waals surface area contributed by atoms with Crippen molar-refractivity contribution in [2.24, 2.45) is 17.8 Å². The summed E-state index contributed by atoms with van der Waals surface area (Å²) >= 11 is 6.04. The Morgan fingerprint density at radius 1 is 1.21 bits per heavy atom. The van der Waals surface area contributed by atoms with Crippen LogP contribution in [0.3, 0.4) is 0 Å². The molecular formula is C20H21ClF3N3O. The van der Waals surface area contributed by atoms with E-state index in [9.17, 15) is 18.0 Å². The molecule has 0 aliphatic heterocycles. The second-order valence-corrected chi connectivity index (χ2v) is 9.37. The quantitative estimate of drug-likeness (QED) is 0.754. The van der Waals surface area contributed by atoms with E-state index in [1.54, 1.807) is 6.92 Å². The zero-order valence-electron chi connectivity index (χ0n) is 15.4. The molecule has 1 amide bonds. The number of nitrogens with zero attached hydrogens (tertiary/aromatic N) is 2. The van der Waals surface area contributed by atoms with Gasteiger partial charge in [-0.1, -0.05) is 11.6 Å². The van der Waals surface area contributed by atoms with Crippen molar-refractivity contribution in [2.45, 2.75) is 57.2 Å². The van der Waals surface area contributed by atoms with Crippen LogP contribution >= 0.6 is 11.6 Å². The normalized spacial score (nSPS) is 31.5. The lowest BCUT2D eigenvalue weighted by Gasteiger charge is -2.56. The van der Waals surface area contributed by atoms with E-state index in [0.29, 0.717) is 23.4 Å². The van der Waals surface area contributed by atoms with Crippen molar-refractivity contribution in [3.05, 3.63) is 34.2 Å². The van der Waals surface area contributed by atoms with Gasteiger partial charge in [0.2, 0.25) is 0 Å². The number of hydrogen-bond acceptors (Lipinski definition) is 2. The standard InChI is InChI=1S/C20H21ClF3N3O/c1-10-16(27-9-14(20(22,23)24)5-15(21)17(27)25-10)18(28)26-19-6-11-2-12(7-19)4-13(3-11)8-19/h5,9,11-13H,2-4,6-8H2,1H3,(H,26,28). The molecule has 150 valence electrons. The number of rotatable bonds is 2. The van der Waals surface area contributed by atoms with Crippen LogP contribution in [0.15, 0.2) is 12.3 Å². The number of pyridine rings is 1. The van der Waals surface area contributed by atoms with Gasteiger partial charge in [-0.3, -0.25) is 9.20 Å². The van der Waals surface area contributed by atoms with E-state index in [4.69, 9.17) is 11.6 Å². The molecule has 0 saturated heterocycles. The minimum absolute atomic E-state index is 0.119. The van der Waals surface area contributed by atoms with Crippen LogP contribution in [0.2, 0.25) is 5.02 Å². The zero-order valence-corrected chi connectivity index (χ0v) is 16.2. The van der Waals surface area contributed by atoms with Crippen LogP contribution in [0.25, 0.3) is 5.65 Å². The van der Waals surface area contributed by atoms with Crippen LogP contribution in [0, 0.1) is 24.7 Å². The van der Waals surface area contributed by atoms with E-state index < -0.39 is 11.7 Å². The van der Waals surface area contributed by atoms with E-state index >= 15 is 0 Å². The fraction of sp³-hybridized carbons (Fsp3) is 0.600. The molecule has 4 aliphatic carbocycles. The zero-order chi connectivity index (χ0) is 19.8. The molecule has 0 spiro atoms. The maximum atomic E-state index is 13.2. The van der Waals surface area contributed by atoms with Crippen LogP contribution in [0.1, 0.15) is 60.3 Å². The molecule has 4 fully saturated rings. The minimum Gasteiger partial charge on any atom is -0.345 e. The van der Waals surface area contributed by atoms with Crippen LogP contribution in [0.4, 0.5) is 13.2 Å². The van der Waals surface area contributed by atoms with Gasteiger partial charge in [0.05, 0.1) is 16.3 Å². The lowest BCUT2D eigenvalue weighted by molar-refractivity contribution is -0.137. The maximum Gasteiger partial charge on any atom is 0.417 e. The molecule has 1 N–H and O–H groups in total. The van der Waals surface area contributed by atoms with Crippen molar-refractivity contribution >= 4 is 23.2 Å². The monoisotopic (exact) mass is 411 g/mol. The van der Waals surface area contributed by atoms with E-state index in [1.165, 1.54) is 23.7 Å². The van der Waals surface area contributed by atoms with Crippen LogP contribution in [-0.4, -0.2) is 20.8 Å². The summed E-state index contributed by atoms with van der Waals surface area (Å²) in [5.74, 6) is 1.60. The Morgan fingerprint density at radius 3 is 2.32 bits per heavy atom. The molecule has 6 rings (SSSR count). The number of carbonyl (C=O) groups excluding carboxylic acids is 1. The number of aromatic nitrogens is 2. The Kier molecular flexibility index (Phi) is 3.84. The fourth-order valence-electron chi connectivity index (χ4n) is 6.21. The van der Waals surface area contributed by atoms with E-state index in [2.05, 4.69) is 10.3 Å². The van der Waals surface area contributed by atoms with Gasteiger partial charge in [-0.2, -0.15) is 13.2 Å². The summed E-state index contributed by atoms with van der Waals surface area (Å²) in [6, 6.07) is 0.851. The summed E-state index contributed by atoms with van der Waals surface area (Å²) in [6.45, 7) is 1.63. The number of fused-ring (bicyclic) bond motifs is 1. The van der Waals surface area contributed by atoms with Gasteiger partial charge in [0.15, 0.2) is 5.65 Å². The topological polar surface area (TPSA) is 46.4 Å². The second-order valence-electron chi connectivity index (χ2n) is 8.97. The third kappa shape index (κ3) is 2.81. The third-order valence-corrected chi connectivity index (χ3v) is 7.09. The molecule has 2 aromatic heterocycles. The highest BCUT2D eigenvalue weighted by Gasteiger charge is 2.51. The van der Waals surface area contributed by atoms with Crippen LogP contribution in [0.5, 0.6) is 0 Å². The molecule has 8 heteroatoms. The van der Waals surface area contributed by atoms with Crippen LogP contribution < -0.4 is 5.32 Å².